The first-order valence-corrected chi connectivity index (χ1v) is 7.72. The summed E-state index contributed by atoms with van der Waals surface area (Å²) in [6, 6.07) is 8.22. The van der Waals surface area contributed by atoms with Gasteiger partial charge in [-0.1, -0.05) is 6.92 Å². The monoisotopic (exact) mass is 329 g/mol. The molecule has 1 atom stereocenters. The molecule has 3 aromatic rings. The standard InChI is InChI=1S/C16H19N5O3/c1-2-12(10-22)21(9-13-4-3-7-24-13)16(23)17-11-5-6-14-15(8-11)19-20-18-14/h3-8,12,22H,2,9-10H2,1H3,(H,17,23)(H,18,19,20). The molecule has 8 heteroatoms. The van der Waals surface area contributed by atoms with Gasteiger partial charge in [0.05, 0.1) is 25.5 Å². The molecular formula is C16H19N5O3. The number of amides is 2. The van der Waals surface area contributed by atoms with E-state index in [2.05, 4.69) is 20.7 Å². The van der Waals surface area contributed by atoms with Crippen LogP contribution in [0.4, 0.5) is 10.5 Å². The Balaban J connectivity index is 1.78. The number of rotatable bonds is 6. The Hall–Kier alpha value is -2.87. The molecule has 126 valence electrons. The lowest BCUT2D eigenvalue weighted by Gasteiger charge is -2.29. The lowest BCUT2D eigenvalue weighted by molar-refractivity contribution is 0.129. The van der Waals surface area contributed by atoms with E-state index in [1.807, 2.05) is 6.92 Å². The summed E-state index contributed by atoms with van der Waals surface area (Å²) < 4.78 is 5.33. The van der Waals surface area contributed by atoms with Crippen molar-refractivity contribution >= 4 is 22.8 Å². The largest absolute Gasteiger partial charge is 0.467 e. The summed E-state index contributed by atoms with van der Waals surface area (Å²) in [7, 11) is 0. The van der Waals surface area contributed by atoms with E-state index in [0.717, 1.165) is 5.52 Å². The smallest absolute Gasteiger partial charge is 0.322 e. The molecule has 1 aromatic carbocycles. The minimum absolute atomic E-state index is 0.118. The highest BCUT2D eigenvalue weighted by Crippen LogP contribution is 2.18. The second-order valence-electron chi connectivity index (χ2n) is 5.41. The maximum atomic E-state index is 12.7. The van der Waals surface area contributed by atoms with E-state index in [9.17, 15) is 9.90 Å². The van der Waals surface area contributed by atoms with Crippen LogP contribution in [-0.2, 0) is 6.54 Å². The van der Waals surface area contributed by atoms with Gasteiger partial charge in [-0.15, -0.1) is 0 Å². The maximum absolute atomic E-state index is 12.7. The van der Waals surface area contributed by atoms with Crippen molar-refractivity contribution in [1.29, 1.82) is 0 Å². The molecule has 1 unspecified atom stereocenters. The number of benzene rings is 1. The van der Waals surface area contributed by atoms with Crippen molar-refractivity contribution in [2.24, 2.45) is 0 Å². The highest BCUT2D eigenvalue weighted by Gasteiger charge is 2.23. The summed E-state index contributed by atoms with van der Waals surface area (Å²) in [6.07, 6.45) is 2.19. The molecule has 3 N–H and O–H groups in total. The fourth-order valence-electron chi connectivity index (χ4n) is 2.50. The SMILES string of the molecule is CCC(CO)N(Cc1ccco1)C(=O)Nc1ccc2n[nH]nc2c1. The highest BCUT2D eigenvalue weighted by atomic mass is 16.3. The van der Waals surface area contributed by atoms with Gasteiger partial charge in [0.2, 0.25) is 0 Å². The zero-order valence-corrected chi connectivity index (χ0v) is 13.3. The molecule has 2 heterocycles. The fourth-order valence-corrected chi connectivity index (χ4v) is 2.50. The fraction of sp³-hybridized carbons (Fsp3) is 0.312. The molecule has 0 aliphatic heterocycles. The molecule has 8 nitrogen and oxygen atoms in total. The summed E-state index contributed by atoms with van der Waals surface area (Å²) in [6.45, 7) is 2.09. The first-order chi connectivity index (χ1) is 11.7. The van der Waals surface area contributed by atoms with Crippen LogP contribution >= 0.6 is 0 Å². The predicted molar refractivity (Wildman–Crippen MR) is 88.3 cm³/mol. The minimum Gasteiger partial charge on any atom is -0.467 e. The average Bonchev–Trinajstić information content (AvgIpc) is 3.25. The number of furan rings is 1. The van der Waals surface area contributed by atoms with Crippen LogP contribution < -0.4 is 5.32 Å². The number of aliphatic hydroxyl groups is 1. The Morgan fingerprint density at radius 2 is 2.21 bits per heavy atom. The zero-order chi connectivity index (χ0) is 16.9. The highest BCUT2D eigenvalue weighted by molar-refractivity contribution is 5.91. The third kappa shape index (κ3) is 3.38. The average molecular weight is 329 g/mol. The van der Waals surface area contributed by atoms with Crippen molar-refractivity contribution < 1.29 is 14.3 Å². The molecule has 0 aliphatic carbocycles. The van der Waals surface area contributed by atoms with Crippen molar-refractivity contribution in [2.45, 2.75) is 25.9 Å². The van der Waals surface area contributed by atoms with Crippen molar-refractivity contribution in [3.8, 4) is 0 Å². The molecule has 0 aliphatic rings. The number of aromatic amines is 1. The molecule has 0 saturated heterocycles. The minimum atomic E-state index is -0.310. The molecule has 3 rings (SSSR count). The van der Waals surface area contributed by atoms with E-state index in [1.165, 1.54) is 0 Å². The second-order valence-corrected chi connectivity index (χ2v) is 5.41. The molecular weight excluding hydrogens is 310 g/mol. The third-order valence-electron chi connectivity index (χ3n) is 3.86. The van der Waals surface area contributed by atoms with Crippen molar-refractivity contribution in [3.63, 3.8) is 0 Å². The Morgan fingerprint density at radius 3 is 2.92 bits per heavy atom. The van der Waals surface area contributed by atoms with Gasteiger partial charge >= 0.3 is 6.03 Å². The van der Waals surface area contributed by atoms with Gasteiger partial charge in [-0.2, -0.15) is 15.4 Å². The number of hydrogen-bond donors (Lipinski definition) is 3. The number of carbonyl (C=O) groups is 1. The van der Waals surface area contributed by atoms with Crippen molar-refractivity contribution in [1.82, 2.24) is 20.3 Å². The van der Waals surface area contributed by atoms with Crippen LogP contribution in [0.1, 0.15) is 19.1 Å². The Bertz CT molecular complexity index is 795. The molecule has 2 amide bonds. The Morgan fingerprint density at radius 1 is 1.38 bits per heavy atom. The van der Waals surface area contributed by atoms with Crippen molar-refractivity contribution in [2.75, 3.05) is 11.9 Å². The summed E-state index contributed by atoms with van der Waals surface area (Å²) >= 11 is 0. The van der Waals surface area contributed by atoms with Crippen molar-refractivity contribution in [3.05, 3.63) is 42.4 Å². The quantitative estimate of drug-likeness (QED) is 0.643. The van der Waals surface area contributed by atoms with Crippen LogP contribution in [0.3, 0.4) is 0 Å². The predicted octanol–water partition coefficient (Wildman–Crippen LogP) is 2.36. The number of hydrogen-bond acceptors (Lipinski definition) is 5. The summed E-state index contributed by atoms with van der Waals surface area (Å²) in [5.41, 5.74) is 2.00. The first-order valence-electron chi connectivity index (χ1n) is 7.72. The molecule has 0 saturated carbocycles. The van der Waals surface area contributed by atoms with E-state index in [1.54, 1.807) is 41.5 Å². The van der Waals surface area contributed by atoms with Gasteiger partial charge in [-0.25, -0.2) is 4.79 Å². The van der Waals surface area contributed by atoms with Gasteiger partial charge in [0.15, 0.2) is 0 Å². The maximum Gasteiger partial charge on any atom is 0.322 e. The molecule has 2 aromatic heterocycles. The third-order valence-corrected chi connectivity index (χ3v) is 3.86. The van der Waals surface area contributed by atoms with Gasteiger partial charge < -0.3 is 19.7 Å². The number of urea groups is 1. The van der Waals surface area contributed by atoms with Crippen LogP contribution in [0.2, 0.25) is 0 Å². The summed E-state index contributed by atoms with van der Waals surface area (Å²) in [5, 5.41) is 22.9. The van der Waals surface area contributed by atoms with E-state index < -0.39 is 0 Å². The number of nitrogens with one attached hydrogen (secondary N) is 2. The summed E-state index contributed by atoms with van der Waals surface area (Å²) in [5.74, 6) is 0.656. The number of nitrogens with zero attached hydrogens (tertiary/aromatic N) is 3. The topological polar surface area (TPSA) is 107 Å². The van der Waals surface area contributed by atoms with Gasteiger partial charge in [0.1, 0.15) is 16.8 Å². The molecule has 0 spiro atoms. The second kappa shape index (κ2) is 7.14. The lowest BCUT2D eigenvalue weighted by atomic mass is 10.2. The molecule has 0 radical (unpaired) electrons. The number of fused-ring (bicyclic) bond motifs is 1. The van der Waals surface area contributed by atoms with Gasteiger partial charge in [-0.05, 0) is 36.8 Å². The van der Waals surface area contributed by atoms with E-state index in [0.29, 0.717) is 23.4 Å². The van der Waals surface area contributed by atoms with Crippen LogP contribution in [0.15, 0.2) is 41.0 Å². The van der Waals surface area contributed by atoms with Crippen LogP contribution in [0.5, 0.6) is 0 Å². The van der Waals surface area contributed by atoms with Gasteiger partial charge in [-0.3, -0.25) is 0 Å². The normalized spacial score (nSPS) is 12.2. The number of aromatic nitrogens is 3. The van der Waals surface area contributed by atoms with Crippen LogP contribution in [-0.4, -0.2) is 44.1 Å². The molecule has 0 bridgehead atoms. The number of aliphatic hydroxyl groups excluding tert-OH is 1. The van der Waals surface area contributed by atoms with E-state index >= 15 is 0 Å². The lowest BCUT2D eigenvalue weighted by Crippen LogP contribution is -2.44. The molecule has 0 fully saturated rings. The van der Waals surface area contributed by atoms with Gasteiger partial charge in [0.25, 0.3) is 0 Å². The van der Waals surface area contributed by atoms with E-state index in [-0.39, 0.29) is 25.2 Å². The number of anilines is 1. The number of carbonyl (C=O) groups excluding carboxylic acids is 1. The Kier molecular flexibility index (Phi) is 4.76. The first kappa shape index (κ1) is 16.0. The van der Waals surface area contributed by atoms with E-state index in [4.69, 9.17) is 4.42 Å². The van der Waals surface area contributed by atoms with Gasteiger partial charge in [0, 0.05) is 5.69 Å². The Labute approximate surface area is 138 Å². The number of H-pyrrole nitrogens is 1. The molecule has 24 heavy (non-hydrogen) atoms. The zero-order valence-electron chi connectivity index (χ0n) is 13.3. The van der Waals surface area contributed by atoms with Crippen LogP contribution in [0, 0.1) is 0 Å². The van der Waals surface area contributed by atoms with Crippen LogP contribution in [0.25, 0.3) is 11.0 Å². The summed E-state index contributed by atoms with van der Waals surface area (Å²) in [4.78, 5) is 14.3.